The SMILES string of the molecule is O=[N+]([O-])c1ccccc1OCC1(CS)CCCCC1. The molecule has 1 aliphatic carbocycles. The van der Waals surface area contributed by atoms with Gasteiger partial charge in [0, 0.05) is 11.5 Å². The summed E-state index contributed by atoms with van der Waals surface area (Å²) < 4.78 is 5.74. The number of nitrogens with zero attached hydrogens (tertiary/aromatic N) is 1. The highest BCUT2D eigenvalue weighted by Crippen LogP contribution is 2.38. The minimum absolute atomic E-state index is 0.0348. The summed E-state index contributed by atoms with van der Waals surface area (Å²) in [6, 6.07) is 6.55. The number of para-hydroxylation sites is 2. The largest absolute Gasteiger partial charge is 0.486 e. The van der Waals surface area contributed by atoms with Crippen LogP contribution in [0.4, 0.5) is 5.69 Å². The topological polar surface area (TPSA) is 52.4 Å². The summed E-state index contributed by atoms with van der Waals surface area (Å²) in [6.45, 7) is 0.515. The van der Waals surface area contributed by atoms with E-state index in [1.807, 2.05) is 0 Å². The molecule has 5 heteroatoms. The van der Waals surface area contributed by atoms with Crippen LogP contribution in [0, 0.1) is 15.5 Å². The fourth-order valence-corrected chi connectivity index (χ4v) is 3.02. The van der Waals surface area contributed by atoms with E-state index in [2.05, 4.69) is 12.6 Å². The molecule has 0 heterocycles. The lowest BCUT2D eigenvalue weighted by molar-refractivity contribution is -0.386. The molecule has 2 rings (SSSR count). The molecule has 1 fully saturated rings. The number of nitro benzene ring substituents is 1. The van der Waals surface area contributed by atoms with Crippen molar-refractivity contribution >= 4 is 18.3 Å². The zero-order valence-corrected chi connectivity index (χ0v) is 11.8. The van der Waals surface area contributed by atoms with Gasteiger partial charge in [0.05, 0.1) is 11.5 Å². The number of benzene rings is 1. The molecule has 0 amide bonds. The van der Waals surface area contributed by atoms with E-state index in [-0.39, 0.29) is 11.1 Å². The quantitative estimate of drug-likeness (QED) is 0.506. The molecular weight excluding hydrogens is 262 g/mol. The molecule has 19 heavy (non-hydrogen) atoms. The molecule has 104 valence electrons. The standard InChI is InChI=1S/C14H19NO3S/c16-15(17)12-6-2-3-7-13(12)18-10-14(11-19)8-4-1-5-9-14/h2-3,6-7,19H,1,4-5,8-11H2. The lowest BCUT2D eigenvalue weighted by Gasteiger charge is -2.35. The molecule has 0 radical (unpaired) electrons. The Morgan fingerprint density at radius 3 is 2.58 bits per heavy atom. The summed E-state index contributed by atoms with van der Waals surface area (Å²) in [5.41, 5.74) is 0.109. The van der Waals surface area contributed by atoms with E-state index in [1.165, 1.54) is 25.3 Å². The first-order valence-corrected chi connectivity index (χ1v) is 7.27. The Morgan fingerprint density at radius 2 is 1.95 bits per heavy atom. The smallest absolute Gasteiger partial charge is 0.310 e. The molecule has 0 aliphatic heterocycles. The number of hydrogen-bond donors (Lipinski definition) is 1. The lowest BCUT2D eigenvalue weighted by atomic mass is 9.76. The van der Waals surface area contributed by atoms with Crippen LogP contribution in [0.15, 0.2) is 24.3 Å². The van der Waals surface area contributed by atoms with E-state index in [1.54, 1.807) is 18.2 Å². The van der Waals surface area contributed by atoms with Gasteiger partial charge in [0.15, 0.2) is 5.75 Å². The van der Waals surface area contributed by atoms with E-state index in [0.717, 1.165) is 18.6 Å². The lowest BCUT2D eigenvalue weighted by Crippen LogP contribution is -2.33. The third kappa shape index (κ3) is 3.41. The van der Waals surface area contributed by atoms with Crippen molar-refractivity contribution in [3.63, 3.8) is 0 Å². The molecule has 4 nitrogen and oxygen atoms in total. The van der Waals surface area contributed by atoms with Crippen molar-refractivity contribution in [1.82, 2.24) is 0 Å². The number of rotatable bonds is 5. The summed E-state index contributed by atoms with van der Waals surface area (Å²) in [7, 11) is 0. The Bertz CT molecular complexity index is 444. The Labute approximate surface area is 118 Å². The predicted octanol–water partition coefficient (Wildman–Crippen LogP) is 3.85. The molecule has 1 aromatic rings. The monoisotopic (exact) mass is 281 g/mol. The fourth-order valence-electron chi connectivity index (χ4n) is 2.61. The van der Waals surface area contributed by atoms with Gasteiger partial charge < -0.3 is 4.74 Å². The predicted molar refractivity (Wildman–Crippen MR) is 78.0 cm³/mol. The van der Waals surface area contributed by atoms with Crippen molar-refractivity contribution in [2.24, 2.45) is 5.41 Å². The zero-order valence-electron chi connectivity index (χ0n) is 10.9. The maximum Gasteiger partial charge on any atom is 0.310 e. The first kappa shape index (κ1) is 14.2. The van der Waals surface area contributed by atoms with Crippen molar-refractivity contribution in [1.29, 1.82) is 0 Å². The van der Waals surface area contributed by atoms with E-state index < -0.39 is 4.92 Å². The molecule has 0 N–H and O–H groups in total. The van der Waals surface area contributed by atoms with Crippen molar-refractivity contribution in [2.75, 3.05) is 12.4 Å². The summed E-state index contributed by atoms with van der Waals surface area (Å²) in [6.07, 6.45) is 5.84. The third-order valence-electron chi connectivity index (χ3n) is 3.85. The molecule has 0 unspecified atom stereocenters. The van der Waals surface area contributed by atoms with Crippen LogP contribution < -0.4 is 4.74 Å². The molecule has 1 aliphatic rings. The zero-order chi connectivity index (χ0) is 13.7. The van der Waals surface area contributed by atoms with Crippen LogP contribution >= 0.6 is 12.6 Å². The average Bonchev–Trinajstić information content (AvgIpc) is 2.46. The van der Waals surface area contributed by atoms with Gasteiger partial charge >= 0.3 is 5.69 Å². The third-order valence-corrected chi connectivity index (χ3v) is 4.52. The highest BCUT2D eigenvalue weighted by molar-refractivity contribution is 7.80. The highest BCUT2D eigenvalue weighted by atomic mass is 32.1. The maximum absolute atomic E-state index is 10.9. The van der Waals surface area contributed by atoms with Gasteiger partial charge in [0.2, 0.25) is 0 Å². The van der Waals surface area contributed by atoms with Crippen LogP contribution in [0.5, 0.6) is 5.75 Å². The van der Waals surface area contributed by atoms with Gasteiger partial charge in [0.25, 0.3) is 0 Å². The minimum Gasteiger partial charge on any atom is -0.486 e. The van der Waals surface area contributed by atoms with Crippen LogP contribution in [0.25, 0.3) is 0 Å². The van der Waals surface area contributed by atoms with Gasteiger partial charge in [-0.05, 0) is 24.7 Å². The van der Waals surface area contributed by atoms with Crippen molar-refractivity contribution < 1.29 is 9.66 Å². The molecule has 0 bridgehead atoms. The summed E-state index contributed by atoms with van der Waals surface area (Å²) in [5, 5.41) is 10.9. The second-order valence-corrected chi connectivity index (χ2v) is 5.55. The number of ether oxygens (including phenoxy) is 1. The summed E-state index contributed by atoms with van der Waals surface area (Å²) >= 11 is 4.45. The highest BCUT2D eigenvalue weighted by Gasteiger charge is 2.32. The van der Waals surface area contributed by atoms with Crippen LogP contribution in [-0.4, -0.2) is 17.3 Å². The first-order chi connectivity index (χ1) is 9.17. The van der Waals surface area contributed by atoms with E-state index in [9.17, 15) is 10.1 Å². The second kappa shape index (κ2) is 6.28. The summed E-state index contributed by atoms with van der Waals surface area (Å²) in [4.78, 5) is 10.5. The van der Waals surface area contributed by atoms with E-state index in [4.69, 9.17) is 4.74 Å². The van der Waals surface area contributed by atoms with Gasteiger partial charge in [-0.3, -0.25) is 10.1 Å². The average molecular weight is 281 g/mol. The molecule has 1 aromatic carbocycles. The van der Waals surface area contributed by atoms with Crippen LogP contribution in [0.1, 0.15) is 32.1 Å². The van der Waals surface area contributed by atoms with Crippen molar-refractivity contribution in [3.05, 3.63) is 34.4 Å². The summed E-state index contributed by atoms with van der Waals surface area (Å²) in [5.74, 6) is 1.13. The van der Waals surface area contributed by atoms with Crippen LogP contribution in [-0.2, 0) is 0 Å². The molecule has 0 spiro atoms. The number of nitro groups is 1. The Kier molecular flexibility index (Phi) is 4.69. The molecular formula is C14H19NO3S. The van der Waals surface area contributed by atoms with Crippen LogP contribution in [0.2, 0.25) is 0 Å². The Morgan fingerprint density at radius 1 is 1.26 bits per heavy atom. The first-order valence-electron chi connectivity index (χ1n) is 6.64. The maximum atomic E-state index is 10.9. The molecule has 0 atom stereocenters. The number of thiol groups is 1. The van der Waals surface area contributed by atoms with Gasteiger partial charge in [0.1, 0.15) is 0 Å². The fraction of sp³-hybridized carbons (Fsp3) is 0.571. The normalized spacial score (nSPS) is 17.9. The number of hydrogen-bond acceptors (Lipinski definition) is 4. The van der Waals surface area contributed by atoms with Crippen LogP contribution in [0.3, 0.4) is 0 Å². The van der Waals surface area contributed by atoms with Gasteiger partial charge in [-0.2, -0.15) is 12.6 Å². The molecule has 0 saturated heterocycles. The Balaban J connectivity index is 2.07. The molecule has 1 saturated carbocycles. The second-order valence-electron chi connectivity index (χ2n) is 5.23. The molecule has 0 aromatic heterocycles. The van der Waals surface area contributed by atoms with Gasteiger partial charge in [-0.25, -0.2) is 0 Å². The van der Waals surface area contributed by atoms with Gasteiger partial charge in [-0.1, -0.05) is 31.4 Å². The Hall–Kier alpha value is -1.23. The van der Waals surface area contributed by atoms with Gasteiger partial charge in [-0.15, -0.1) is 0 Å². The minimum atomic E-state index is -0.399. The van der Waals surface area contributed by atoms with E-state index in [0.29, 0.717) is 12.4 Å². The van der Waals surface area contributed by atoms with E-state index >= 15 is 0 Å². The van der Waals surface area contributed by atoms with Crippen molar-refractivity contribution in [2.45, 2.75) is 32.1 Å². The van der Waals surface area contributed by atoms with Crippen molar-refractivity contribution in [3.8, 4) is 5.75 Å².